The van der Waals surface area contributed by atoms with Gasteiger partial charge in [-0.15, -0.1) is 0 Å². The van der Waals surface area contributed by atoms with E-state index in [9.17, 15) is 0 Å². The van der Waals surface area contributed by atoms with Gasteiger partial charge in [0.15, 0.2) is 0 Å². The van der Waals surface area contributed by atoms with Crippen molar-refractivity contribution in [3.05, 3.63) is 36.3 Å². The smallest absolute Gasteiger partial charge is 0.137 e. The van der Waals surface area contributed by atoms with E-state index in [1.54, 1.807) is 0 Å². The SMILES string of the molecule is c1ccn2cc([C@H]3CCCN3)nc2c1. The van der Waals surface area contributed by atoms with E-state index >= 15 is 0 Å². The number of nitrogens with one attached hydrogen (secondary N) is 1. The second kappa shape index (κ2) is 3.10. The predicted octanol–water partition coefficient (Wildman–Crippen LogP) is 1.76. The molecule has 0 unspecified atom stereocenters. The van der Waals surface area contributed by atoms with Gasteiger partial charge in [-0.2, -0.15) is 0 Å². The van der Waals surface area contributed by atoms with Crippen LogP contribution in [0.1, 0.15) is 24.6 Å². The van der Waals surface area contributed by atoms with Gasteiger partial charge in [0.2, 0.25) is 0 Å². The number of rotatable bonds is 1. The van der Waals surface area contributed by atoms with E-state index in [2.05, 4.69) is 20.9 Å². The Labute approximate surface area is 82.8 Å². The average Bonchev–Trinajstić information content (AvgIpc) is 2.86. The molecule has 1 N–H and O–H groups in total. The Morgan fingerprint density at radius 2 is 2.43 bits per heavy atom. The fourth-order valence-electron chi connectivity index (χ4n) is 2.06. The first-order valence-corrected chi connectivity index (χ1v) is 5.10. The van der Waals surface area contributed by atoms with Crippen LogP contribution in [0.5, 0.6) is 0 Å². The first-order chi connectivity index (χ1) is 6.93. The van der Waals surface area contributed by atoms with Gasteiger partial charge in [-0.25, -0.2) is 4.98 Å². The highest BCUT2D eigenvalue weighted by atomic mass is 15.0. The minimum atomic E-state index is 0.467. The normalized spacial score (nSPS) is 21.9. The molecule has 2 aromatic rings. The number of nitrogens with zero attached hydrogens (tertiary/aromatic N) is 2. The zero-order valence-electron chi connectivity index (χ0n) is 7.98. The summed E-state index contributed by atoms with van der Waals surface area (Å²) in [5.74, 6) is 0. The van der Waals surface area contributed by atoms with Crippen LogP contribution in [0, 0.1) is 0 Å². The number of hydrogen-bond acceptors (Lipinski definition) is 2. The number of fused-ring (bicyclic) bond motifs is 1. The molecule has 1 fully saturated rings. The maximum absolute atomic E-state index is 4.60. The van der Waals surface area contributed by atoms with Crippen LogP contribution in [0.2, 0.25) is 0 Å². The van der Waals surface area contributed by atoms with Gasteiger partial charge < -0.3 is 9.72 Å². The van der Waals surface area contributed by atoms with Crippen molar-refractivity contribution < 1.29 is 0 Å². The zero-order chi connectivity index (χ0) is 9.38. The highest BCUT2D eigenvalue weighted by Crippen LogP contribution is 2.22. The first-order valence-electron chi connectivity index (χ1n) is 5.10. The van der Waals surface area contributed by atoms with Gasteiger partial charge in [0.1, 0.15) is 5.65 Å². The van der Waals surface area contributed by atoms with E-state index in [4.69, 9.17) is 0 Å². The van der Waals surface area contributed by atoms with Gasteiger partial charge in [-0.05, 0) is 31.5 Å². The summed E-state index contributed by atoms with van der Waals surface area (Å²) < 4.78 is 2.08. The molecule has 2 aromatic heterocycles. The summed E-state index contributed by atoms with van der Waals surface area (Å²) >= 11 is 0. The topological polar surface area (TPSA) is 29.3 Å². The van der Waals surface area contributed by atoms with Crippen LogP contribution in [0.3, 0.4) is 0 Å². The summed E-state index contributed by atoms with van der Waals surface area (Å²) in [5.41, 5.74) is 2.21. The summed E-state index contributed by atoms with van der Waals surface area (Å²) in [5, 5.41) is 3.46. The molecule has 0 amide bonds. The van der Waals surface area contributed by atoms with E-state index < -0.39 is 0 Å². The molecule has 3 nitrogen and oxygen atoms in total. The zero-order valence-corrected chi connectivity index (χ0v) is 7.98. The van der Waals surface area contributed by atoms with Crippen molar-refractivity contribution in [1.29, 1.82) is 0 Å². The fourth-order valence-corrected chi connectivity index (χ4v) is 2.06. The lowest BCUT2D eigenvalue weighted by Gasteiger charge is -2.04. The van der Waals surface area contributed by atoms with Gasteiger partial charge >= 0.3 is 0 Å². The maximum atomic E-state index is 4.60. The van der Waals surface area contributed by atoms with Gasteiger partial charge in [0.05, 0.1) is 11.7 Å². The van der Waals surface area contributed by atoms with Gasteiger partial charge in [0.25, 0.3) is 0 Å². The number of pyridine rings is 1. The average molecular weight is 187 g/mol. The van der Waals surface area contributed by atoms with Crippen molar-refractivity contribution in [3.63, 3.8) is 0 Å². The number of hydrogen-bond donors (Lipinski definition) is 1. The Morgan fingerprint density at radius 3 is 3.21 bits per heavy atom. The molecule has 0 saturated carbocycles. The molecule has 0 spiro atoms. The van der Waals surface area contributed by atoms with Crippen LogP contribution in [-0.2, 0) is 0 Å². The third-order valence-corrected chi connectivity index (χ3v) is 2.80. The molecule has 0 radical (unpaired) electrons. The van der Waals surface area contributed by atoms with E-state index in [0.717, 1.165) is 12.2 Å². The molecule has 3 heteroatoms. The van der Waals surface area contributed by atoms with Crippen molar-refractivity contribution in [2.24, 2.45) is 0 Å². The van der Waals surface area contributed by atoms with Crippen molar-refractivity contribution in [2.45, 2.75) is 18.9 Å². The Hall–Kier alpha value is -1.35. The molecule has 1 aliphatic rings. The summed E-state index contributed by atoms with van der Waals surface area (Å²) in [6.07, 6.45) is 6.64. The molecule has 3 rings (SSSR count). The van der Waals surface area contributed by atoms with Crippen LogP contribution in [0.25, 0.3) is 5.65 Å². The summed E-state index contributed by atoms with van der Waals surface area (Å²) in [7, 11) is 0. The van der Waals surface area contributed by atoms with Crippen molar-refractivity contribution in [1.82, 2.24) is 14.7 Å². The fraction of sp³-hybridized carbons (Fsp3) is 0.364. The van der Waals surface area contributed by atoms with Crippen molar-refractivity contribution in [2.75, 3.05) is 6.54 Å². The summed E-state index contributed by atoms with van der Waals surface area (Å²) in [4.78, 5) is 4.60. The molecular formula is C11H13N3. The standard InChI is InChI=1S/C11H13N3/c1-2-7-14-8-10(13-11(14)5-1)9-4-3-6-12-9/h1-2,5,7-9,12H,3-4,6H2/t9-/m1/s1. The molecule has 14 heavy (non-hydrogen) atoms. The molecule has 1 atom stereocenters. The summed E-state index contributed by atoms with van der Waals surface area (Å²) in [6.45, 7) is 1.12. The third kappa shape index (κ3) is 1.21. The van der Waals surface area contributed by atoms with E-state index in [1.165, 1.54) is 18.5 Å². The molecular weight excluding hydrogens is 174 g/mol. The minimum absolute atomic E-state index is 0.467. The van der Waals surface area contributed by atoms with Gasteiger partial charge in [-0.3, -0.25) is 0 Å². The Kier molecular flexibility index (Phi) is 1.77. The molecule has 0 aromatic carbocycles. The first kappa shape index (κ1) is 8.00. The summed E-state index contributed by atoms with van der Waals surface area (Å²) in [6, 6.07) is 6.56. The lowest BCUT2D eigenvalue weighted by Crippen LogP contribution is -2.12. The van der Waals surface area contributed by atoms with Crippen LogP contribution in [0.15, 0.2) is 30.6 Å². The predicted molar refractivity (Wildman–Crippen MR) is 55.2 cm³/mol. The highest BCUT2D eigenvalue weighted by molar-refractivity contribution is 5.40. The second-order valence-corrected chi connectivity index (χ2v) is 3.78. The van der Waals surface area contributed by atoms with E-state index in [-0.39, 0.29) is 0 Å². The largest absolute Gasteiger partial charge is 0.309 e. The molecule has 1 aliphatic heterocycles. The molecule has 3 heterocycles. The van der Waals surface area contributed by atoms with Gasteiger partial charge in [0, 0.05) is 12.4 Å². The van der Waals surface area contributed by atoms with Crippen LogP contribution in [-0.4, -0.2) is 15.9 Å². The number of aromatic nitrogens is 2. The molecule has 1 saturated heterocycles. The second-order valence-electron chi connectivity index (χ2n) is 3.78. The Morgan fingerprint density at radius 1 is 1.43 bits per heavy atom. The monoisotopic (exact) mass is 187 g/mol. The van der Waals surface area contributed by atoms with Crippen LogP contribution in [0.4, 0.5) is 0 Å². The molecule has 72 valence electrons. The quantitative estimate of drug-likeness (QED) is 0.737. The van der Waals surface area contributed by atoms with E-state index in [1.807, 2.05) is 24.4 Å². The van der Waals surface area contributed by atoms with Crippen molar-refractivity contribution >= 4 is 5.65 Å². The van der Waals surface area contributed by atoms with Crippen molar-refractivity contribution in [3.8, 4) is 0 Å². The lowest BCUT2D eigenvalue weighted by molar-refractivity contribution is 0.632. The highest BCUT2D eigenvalue weighted by Gasteiger charge is 2.18. The lowest BCUT2D eigenvalue weighted by atomic mass is 10.2. The third-order valence-electron chi connectivity index (χ3n) is 2.80. The Balaban J connectivity index is 2.05. The van der Waals surface area contributed by atoms with Gasteiger partial charge in [-0.1, -0.05) is 6.07 Å². The number of imidazole rings is 1. The molecule has 0 bridgehead atoms. The van der Waals surface area contributed by atoms with E-state index in [0.29, 0.717) is 6.04 Å². The maximum Gasteiger partial charge on any atom is 0.137 e. The minimum Gasteiger partial charge on any atom is -0.309 e. The van der Waals surface area contributed by atoms with Crippen LogP contribution >= 0.6 is 0 Å². The molecule has 0 aliphatic carbocycles. The Bertz CT molecular complexity index is 407. The van der Waals surface area contributed by atoms with Crippen LogP contribution < -0.4 is 5.32 Å².